The van der Waals surface area contributed by atoms with Gasteiger partial charge in [-0.25, -0.2) is 4.79 Å². The van der Waals surface area contributed by atoms with Crippen molar-refractivity contribution in [2.45, 2.75) is 13.3 Å². The molecule has 0 aliphatic rings. The normalized spacial score (nSPS) is 11.3. The van der Waals surface area contributed by atoms with Gasteiger partial charge in [-0.15, -0.1) is 0 Å². The van der Waals surface area contributed by atoms with Crippen LogP contribution in [0.15, 0.2) is 36.2 Å². The smallest absolute Gasteiger partial charge is 0.328 e. The van der Waals surface area contributed by atoms with Crippen LogP contribution < -0.4 is 0 Å². The third kappa shape index (κ3) is 3.51. The molecular weight excluding hydrogens is 166 g/mol. The highest BCUT2D eigenvalue weighted by atomic mass is 16.4. The molecule has 0 saturated heterocycles. The summed E-state index contributed by atoms with van der Waals surface area (Å²) in [5.74, 6) is -0.897. The van der Waals surface area contributed by atoms with Crippen molar-refractivity contribution in [1.29, 1.82) is 0 Å². The number of carboxylic acid groups (broad SMARTS) is 1. The first-order valence-corrected chi connectivity index (χ1v) is 3.97. The van der Waals surface area contributed by atoms with E-state index < -0.39 is 5.97 Å². The molecular formula is C10H11NO2. The van der Waals surface area contributed by atoms with Crippen LogP contribution in [-0.2, 0) is 11.2 Å². The fraction of sp³-hybridized carbons (Fsp3) is 0.200. The number of carbonyl (C=O) groups is 1. The second kappa shape index (κ2) is 4.40. The van der Waals surface area contributed by atoms with Crippen molar-refractivity contribution in [3.8, 4) is 0 Å². The van der Waals surface area contributed by atoms with Gasteiger partial charge in [0.1, 0.15) is 0 Å². The van der Waals surface area contributed by atoms with Gasteiger partial charge < -0.3 is 5.11 Å². The molecule has 1 aromatic heterocycles. The van der Waals surface area contributed by atoms with Crippen molar-refractivity contribution in [3.05, 3.63) is 41.7 Å². The first-order chi connectivity index (χ1) is 6.18. The van der Waals surface area contributed by atoms with Crippen molar-refractivity contribution >= 4 is 5.97 Å². The van der Waals surface area contributed by atoms with Gasteiger partial charge in [-0.05, 0) is 31.0 Å². The average Bonchev–Trinajstić information content (AvgIpc) is 2.04. The Morgan fingerprint density at radius 3 is 2.69 bits per heavy atom. The molecule has 0 bridgehead atoms. The summed E-state index contributed by atoms with van der Waals surface area (Å²) >= 11 is 0. The van der Waals surface area contributed by atoms with Crippen LogP contribution in [0.2, 0.25) is 0 Å². The maximum absolute atomic E-state index is 10.3. The lowest BCUT2D eigenvalue weighted by atomic mass is 10.1. The number of aliphatic carboxylic acids is 1. The molecule has 1 rings (SSSR count). The van der Waals surface area contributed by atoms with E-state index in [4.69, 9.17) is 5.11 Å². The number of nitrogens with zero attached hydrogens (tertiary/aromatic N) is 1. The molecule has 0 aromatic carbocycles. The lowest BCUT2D eigenvalue weighted by molar-refractivity contribution is -0.131. The van der Waals surface area contributed by atoms with E-state index in [2.05, 4.69) is 4.98 Å². The number of hydrogen-bond acceptors (Lipinski definition) is 2. The summed E-state index contributed by atoms with van der Waals surface area (Å²) in [6, 6.07) is 3.75. The van der Waals surface area contributed by atoms with Crippen LogP contribution >= 0.6 is 0 Å². The molecule has 68 valence electrons. The molecule has 0 unspecified atom stereocenters. The lowest BCUT2D eigenvalue weighted by Gasteiger charge is -1.99. The quantitative estimate of drug-likeness (QED) is 0.714. The summed E-state index contributed by atoms with van der Waals surface area (Å²) < 4.78 is 0. The Hall–Kier alpha value is -1.64. The summed E-state index contributed by atoms with van der Waals surface area (Å²) in [6.45, 7) is 1.80. The molecule has 0 atom stereocenters. The van der Waals surface area contributed by atoms with Gasteiger partial charge in [0.2, 0.25) is 0 Å². The van der Waals surface area contributed by atoms with Gasteiger partial charge in [0.15, 0.2) is 0 Å². The van der Waals surface area contributed by atoms with Gasteiger partial charge >= 0.3 is 5.97 Å². The van der Waals surface area contributed by atoms with Crippen LogP contribution in [0.4, 0.5) is 0 Å². The number of pyridine rings is 1. The van der Waals surface area contributed by atoms with E-state index in [-0.39, 0.29) is 0 Å². The second-order valence-electron chi connectivity index (χ2n) is 2.86. The number of allylic oxidation sites excluding steroid dienone is 1. The van der Waals surface area contributed by atoms with E-state index in [0.29, 0.717) is 6.42 Å². The van der Waals surface area contributed by atoms with Crippen molar-refractivity contribution in [1.82, 2.24) is 4.98 Å². The molecule has 0 fully saturated rings. The van der Waals surface area contributed by atoms with Crippen molar-refractivity contribution in [2.24, 2.45) is 0 Å². The maximum atomic E-state index is 10.3. The zero-order chi connectivity index (χ0) is 9.68. The average molecular weight is 177 g/mol. The Morgan fingerprint density at radius 1 is 1.54 bits per heavy atom. The summed E-state index contributed by atoms with van der Waals surface area (Å²) in [5.41, 5.74) is 1.91. The lowest BCUT2D eigenvalue weighted by Crippen LogP contribution is -1.93. The molecule has 0 spiro atoms. The topological polar surface area (TPSA) is 50.2 Å². The molecule has 0 aliphatic carbocycles. The zero-order valence-corrected chi connectivity index (χ0v) is 7.40. The SMILES string of the molecule is C/C(=C\C(=O)O)Cc1ccncc1. The molecule has 3 nitrogen and oxygen atoms in total. The van der Waals surface area contributed by atoms with Crippen molar-refractivity contribution in [2.75, 3.05) is 0 Å². The van der Waals surface area contributed by atoms with Gasteiger partial charge in [0, 0.05) is 18.5 Å². The van der Waals surface area contributed by atoms with Gasteiger partial charge in [0.05, 0.1) is 0 Å². The number of carboxylic acids is 1. The van der Waals surface area contributed by atoms with Gasteiger partial charge in [-0.2, -0.15) is 0 Å². The molecule has 0 amide bonds. The molecule has 1 heterocycles. The summed E-state index contributed by atoms with van der Waals surface area (Å²) in [5, 5.41) is 8.47. The Morgan fingerprint density at radius 2 is 2.15 bits per heavy atom. The molecule has 13 heavy (non-hydrogen) atoms. The van der Waals surface area contributed by atoms with Gasteiger partial charge in [-0.1, -0.05) is 5.57 Å². The molecule has 1 aromatic rings. The number of rotatable bonds is 3. The Labute approximate surface area is 76.7 Å². The van der Waals surface area contributed by atoms with Crippen LogP contribution in [0.25, 0.3) is 0 Å². The summed E-state index contributed by atoms with van der Waals surface area (Å²) in [6.07, 6.45) is 5.28. The Bertz CT molecular complexity index is 317. The summed E-state index contributed by atoms with van der Waals surface area (Å²) in [7, 11) is 0. The predicted molar refractivity (Wildman–Crippen MR) is 49.3 cm³/mol. The molecule has 0 radical (unpaired) electrons. The minimum atomic E-state index is -0.897. The van der Waals surface area contributed by atoms with Crippen molar-refractivity contribution < 1.29 is 9.90 Å². The van der Waals surface area contributed by atoms with Crippen LogP contribution in [0.1, 0.15) is 12.5 Å². The molecule has 1 N–H and O–H groups in total. The highest BCUT2D eigenvalue weighted by Gasteiger charge is 1.96. The fourth-order valence-electron chi connectivity index (χ4n) is 1.08. The largest absolute Gasteiger partial charge is 0.478 e. The zero-order valence-electron chi connectivity index (χ0n) is 7.40. The Balaban J connectivity index is 2.65. The summed E-state index contributed by atoms with van der Waals surface area (Å²) in [4.78, 5) is 14.2. The molecule has 3 heteroatoms. The van der Waals surface area contributed by atoms with Crippen LogP contribution in [-0.4, -0.2) is 16.1 Å². The minimum absolute atomic E-state index is 0.662. The molecule has 0 aliphatic heterocycles. The van der Waals surface area contributed by atoms with E-state index in [1.54, 1.807) is 19.3 Å². The van der Waals surface area contributed by atoms with Crippen LogP contribution in [0.5, 0.6) is 0 Å². The minimum Gasteiger partial charge on any atom is -0.478 e. The molecule has 0 saturated carbocycles. The van der Waals surface area contributed by atoms with E-state index in [1.807, 2.05) is 12.1 Å². The monoisotopic (exact) mass is 177 g/mol. The van der Waals surface area contributed by atoms with Crippen molar-refractivity contribution in [3.63, 3.8) is 0 Å². The van der Waals surface area contributed by atoms with E-state index in [9.17, 15) is 4.79 Å². The first kappa shape index (κ1) is 9.45. The maximum Gasteiger partial charge on any atom is 0.328 e. The standard InChI is InChI=1S/C10H11NO2/c1-8(7-10(12)13)6-9-2-4-11-5-3-9/h2-5,7H,6H2,1H3,(H,12,13)/b8-7+. The number of aromatic nitrogens is 1. The van der Waals surface area contributed by atoms with Gasteiger partial charge in [0.25, 0.3) is 0 Å². The predicted octanol–water partition coefficient (Wildman–Crippen LogP) is 1.66. The third-order valence-electron chi connectivity index (χ3n) is 1.60. The fourth-order valence-corrected chi connectivity index (χ4v) is 1.08. The van der Waals surface area contributed by atoms with Gasteiger partial charge in [-0.3, -0.25) is 4.98 Å². The highest BCUT2D eigenvalue weighted by molar-refractivity contribution is 5.80. The highest BCUT2D eigenvalue weighted by Crippen LogP contribution is 2.05. The van der Waals surface area contributed by atoms with Crippen LogP contribution in [0, 0.1) is 0 Å². The first-order valence-electron chi connectivity index (χ1n) is 3.97. The van der Waals surface area contributed by atoms with E-state index >= 15 is 0 Å². The number of hydrogen-bond donors (Lipinski definition) is 1. The van der Waals surface area contributed by atoms with Crippen LogP contribution in [0.3, 0.4) is 0 Å². The van der Waals surface area contributed by atoms with E-state index in [0.717, 1.165) is 11.1 Å². The second-order valence-corrected chi connectivity index (χ2v) is 2.86. The third-order valence-corrected chi connectivity index (χ3v) is 1.60. The Kier molecular flexibility index (Phi) is 3.20. The van der Waals surface area contributed by atoms with E-state index in [1.165, 1.54) is 6.08 Å².